The van der Waals surface area contributed by atoms with Gasteiger partial charge in [0.05, 0.1) is 17.1 Å². The zero-order chi connectivity index (χ0) is 26.7. The molecule has 0 bridgehead atoms. The highest BCUT2D eigenvalue weighted by atomic mass is 32.2. The topological polar surface area (TPSA) is 89.1 Å². The summed E-state index contributed by atoms with van der Waals surface area (Å²) in [6.07, 6.45) is -3.10. The minimum atomic E-state index is -4.50. The van der Waals surface area contributed by atoms with Crippen molar-refractivity contribution in [3.8, 4) is 11.3 Å². The van der Waals surface area contributed by atoms with E-state index in [9.17, 15) is 27.9 Å². The molecule has 4 rings (SSSR count). The molecule has 0 unspecified atom stereocenters. The van der Waals surface area contributed by atoms with Crippen LogP contribution in [0.15, 0.2) is 86.3 Å². The number of halogens is 3. The molecule has 6 nitrogen and oxygen atoms in total. The summed E-state index contributed by atoms with van der Waals surface area (Å²) in [7, 11) is 0. The largest absolute Gasteiger partial charge is 0.506 e. The van der Waals surface area contributed by atoms with Crippen molar-refractivity contribution in [2.75, 3.05) is 6.61 Å². The summed E-state index contributed by atoms with van der Waals surface area (Å²) in [6, 6.07) is 14.4. The maximum Gasteiger partial charge on any atom is 0.416 e. The van der Waals surface area contributed by atoms with Crippen molar-refractivity contribution in [1.29, 1.82) is 0 Å². The van der Waals surface area contributed by atoms with Crippen LogP contribution in [0.1, 0.15) is 34.2 Å². The van der Waals surface area contributed by atoms with Crippen molar-refractivity contribution in [2.45, 2.75) is 20.0 Å². The molecule has 0 saturated carbocycles. The van der Waals surface area contributed by atoms with Gasteiger partial charge in [0, 0.05) is 11.1 Å². The number of benzene rings is 2. The van der Waals surface area contributed by atoms with E-state index in [1.54, 1.807) is 31.2 Å². The van der Waals surface area contributed by atoms with E-state index in [-0.39, 0.29) is 39.2 Å². The first-order valence-corrected chi connectivity index (χ1v) is 11.9. The van der Waals surface area contributed by atoms with E-state index < -0.39 is 29.4 Å². The number of aliphatic hydroxyl groups is 1. The van der Waals surface area contributed by atoms with Crippen molar-refractivity contribution in [3.05, 3.63) is 99.4 Å². The van der Waals surface area contributed by atoms with E-state index in [2.05, 4.69) is 4.99 Å². The molecule has 3 aromatic rings. The number of thioether (sulfide) groups is 1. The molecule has 0 aliphatic carbocycles. The zero-order valence-electron chi connectivity index (χ0n) is 19.6. The Morgan fingerprint density at radius 3 is 2.51 bits per heavy atom. The third kappa shape index (κ3) is 5.86. The quantitative estimate of drug-likeness (QED) is 0.360. The van der Waals surface area contributed by atoms with Crippen LogP contribution in [0, 0.1) is 6.92 Å². The fourth-order valence-electron chi connectivity index (χ4n) is 3.41. The van der Waals surface area contributed by atoms with Crippen LogP contribution < -0.4 is 0 Å². The zero-order valence-corrected chi connectivity index (χ0v) is 20.4. The Labute approximate surface area is 214 Å². The standard InChI is InChI=1S/C27H20F3NO5S/c1-3-35-26(34)22-23(32)21(37-25(22)31-24(33)16-9-7-15(2)8-10-16)14-19-11-12-20(36-19)17-5-4-6-18(13-17)27(28,29)30/h4-14,32H,3H2,1-2H3/b21-14-,31-25?. The molecule has 0 saturated heterocycles. The number of carbonyl (C=O) groups is 2. The second-order valence-electron chi connectivity index (χ2n) is 7.92. The van der Waals surface area contributed by atoms with Gasteiger partial charge in [0.15, 0.2) is 0 Å². The summed E-state index contributed by atoms with van der Waals surface area (Å²) in [5.74, 6) is -1.52. The molecule has 0 atom stereocenters. The molecule has 1 aromatic heterocycles. The lowest BCUT2D eigenvalue weighted by Gasteiger charge is -2.07. The SMILES string of the molecule is CCOC(=O)C1=C(O)/C(=C/c2ccc(-c3cccc(C(F)(F)F)c3)o2)SC1=NC(=O)c1ccc(C)cc1. The van der Waals surface area contributed by atoms with Crippen LogP contribution in [-0.2, 0) is 15.7 Å². The number of nitrogens with zero attached hydrogens (tertiary/aromatic N) is 1. The van der Waals surface area contributed by atoms with E-state index in [1.807, 2.05) is 6.92 Å². The number of aryl methyl sites for hydroxylation is 1. The number of carbonyl (C=O) groups excluding carboxylic acids is 2. The number of esters is 1. The lowest BCUT2D eigenvalue weighted by molar-refractivity contribution is -0.138. The highest BCUT2D eigenvalue weighted by Gasteiger charge is 2.34. The Balaban J connectivity index is 1.67. The maximum absolute atomic E-state index is 13.1. The van der Waals surface area contributed by atoms with Crippen LogP contribution in [-0.4, -0.2) is 28.6 Å². The fourth-order valence-corrected chi connectivity index (χ4v) is 4.40. The van der Waals surface area contributed by atoms with Crippen LogP contribution >= 0.6 is 11.8 Å². The second kappa shape index (κ2) is 10.5. The number of ether oxygens (including phenoxy) is 1. The molecule has 1 aliphatic rings. The van der Waals surface area contributed by atoms with Crippen molar-refractivity contribution >= 4 is 34.8 Å². The Morgan fingerprint density at radius 1 is 1.11 bits per heavy atom. The normalized spacial score (nSPS) is 16.0. The summed E-state index contributed by atoms with van der Waals surface area (Å²) in [6.45, 7) is 3.51. The minimum absolute atomic E-state index is 0.0387. The third-order valence-electron chi connectivity index (χ3n) is 5.25. The molecular formula is C27H20F3NO5S. The van der Waals surface area contributed by atoms with E-state index in [0.29, 0.717) is 5.56 Å². The predicted molar refractivity (Wildman–Crippen MR) is 134 cm³/mol. The number of alkyl halides is 3. The maximum atomic E-state index is 13.1. The highest BCUT2D eigenvalue weighted by molar-refractivity contribution is 8.18. The lowest BCUT2D eigenvalue weighted by atomic mass is 10.1. The number of aliphatic hydroxyl groups excluding tert-OH is 1. The Bertz CT molecular complexity index is 1450. The average Bonchev–Trinajstić information content (AvgIpc) is 3.44. The van der Waals surface area contributed by atoms with Gasteiger partial charge in [-0.1, -0.05) is 41.6 Å². The number of hydrogen-bond acceptors (Lipinski definition) is 6. The van der Waals surface area contributed by atoms with Crippen LogP contribution in [0.4, 0.5) is 13.2 Å². The third-order valence-corrected chi connectivity index (χ3v) is 6.27. The predicted octanol–water partition coefficient (Wildman–Crippen LogP) is 6.98. The van der Waals surface area contributed by atoms with Gasteiger partial charge in [0.25, 0.3) is 5.91 Å². The molecule has 0 spiro atoms. The molecular weight excluding hydrogens is 507 g/mol. The fraction of sp³-hybridized carbons (Fsp3) is 0.148. The lowest BCUT2D eigenvalue weighted by Crippen LogP contribution is -2.14. The van der Waals surface area contributed by atoms with Gasteiger partial charge >= 0.3 is 12.1 Å². The van der Waals surface area contributed by atoms with Crippen LogP contribution in [0.3, 0.4) is 0 Å². The van der Waals surface area contributed by atoms with Gasteiger partial charge in [-0.15, -0.1) is 0 Å². The molecule has 2 heterocycles. The van der Waals surface area contributed by atoms with Gasteiger partial charge in [0.2, 0.25) is 0 Å². The van der Waals surface area contributed by atoms with Gasteiger partial charge < -0.3 is 14.3 Å². The van der Waals surface area contributed by atoms with E-state index in [0.717, 1.165) is 29.5 Å². The minimum Gasteiger partial charge on any atom is -0.506 e. The monoisotopic (exact) mass is 527 g/mol. The van der Waals surface area contributed by atoms with Crippen molar-refractivity contribution in [3.63, 3.8) is 0 Å². The van der Waals surface area contributed by atoms with Crippen LogP contribution in [0.5, 0.6) is 0 Å². The van der Waals surface area contributed by atoms with Crippen LogP contribution in [0.2, 0.25) is 0 Å². The molecule has 10 heteroatoms. The number of rotatable bonds is 5. The number of hydrogen-bond donors (Lipinski definition) is 1. The first-order chi connectivity index (χ1) is 17.6. The highest BCUT2D eigenvalue weighted by Crippen LogP contribution is 2.40. The average molecular weight is 528 g/mol. The Morgan fingerprint density at radius 2 is 1.84 bits per heavy atom. The van der Waals surface area contributed by atoms with E-state index >= 15 is 0 Å². The summed E-state index contributed by atoms with van der Waals surface area (Å²) in [5, 5.41) is 10.7. The molecule has 2 aromatic carbocycles. The van der Waals surface area contributed by atoms with Crippen molar-refractivity contribution in [2.24, 2.45) is 4.99 Å². The Kier molecular flexibility index (Phi) is 7.40. The first-order valence-electron chi connectivity index (χ1n) is 11.0. The van der Waals surface area contributed by atoms with Gasteiger partial charge in [-0.05, 0) is 56.3 Å². The van der Waals surface area contributed by atoms with E-state index in [1.165, 1.54) is 30.3 Å². The summed E-state index contributed by atoms with van der Waals surface area (Å²) in [5.41, 5.74) is 0.402. The smallest absolute Gasteiger partial charge is 0.416 e. The molecule has 0 radical (unpaired) electrons. The molecule has 1 amide bonds. The molecule has 37 heavy (non-hydrogen) atoms. The van der Waals surface area contributed by atoms with Gasteiger partial charge in [-0.25, -0.2) is 9.79 Å². The molecule has 190 valence electrons. The van der Waals surface area contributed by atoms with Gasteiger partial charge in [0.1, 0.15) is 27.9 Å². The number of amides is 1. The Hall–Kier alpha value is -4.05. The van der Waals surface area contributed by atoms with Gasteiger partial charge in [-0.3, -0.25) is 4.79 Å². The summed E-state index contributed by atoms with van der Waals surface area (Å²) in [4.78, 5) is 29.4. The molecule has 0 fully saturated rings. The van der Waals surface area contributed by atoms with E-state index in [4.69, 9.17) is 9.15 Å². The van der Waals surface area contributed by atoms with Crippen molar-refractivity contribution < 1.29 is 37.0 Å². The number of aliphatic imine (C=N–C) groups is 1. The van der Waals surface area contributed by atoms with Gasteiger partial charge in [-0.2, -0.15) is 13.2 Å². The molecule has 1 aliphatic heterocycles. The second-order valence-corrected chi connectivity index (χ2v) is 8.95. The summed E-state index contributed by atoms with van der Waals surface area (Å²) < 4.78 is 49.9. The van der Waals surface area contributed by atoms with Crippen molar-refractivity contribution in [1.82, 2.24) is 0 Å². The van der Waals surface area contributed by atoms with Crippen LogP contribution in [0.25, 0.3) is 17.4 Å². The first kappa shape index (κ1) is 26.0. The summed E-state index contributed by atoms with van der Waals surface area (Å²) >= 11 is 0.870. The molecule has 1 N–H and O–H groups in total. The number of furan rings is 1.